The summed E-state index contributed by atoms with van der Waals surface area (Å²) >= 11 is 0. The quantitative estimate of drug-likeness (QED) is 0.541. The lowest BCUT2D eigenvalue weighted by Gasteiger charge is -2.14. The van der Waals surface area contributed by atoms with Crippen molar-refractivity contribution < 1.29 is 23.7 Å². The van der Waals surface area contributed by atoms with Crippen LogP contribution in [0.3, 0.4) is 0 Å². The Morgan fingerprint density at radius 3 is 2.25 bits per heavy atom. The molecule has 28 heavy (non-hydrogen) atoms. The average Bonchev–Trinajstić information content (AvgIpc) is 2.76. The molecular formula is C23H22O5. The molecule has 0 N–H and O–H groups in total. The Balaban J connectivity index is 1.62. The highest BCUT2D eigenvalue weighted by atomic mass is 16.6. The molecule has 3 rings (SSSR count). The molecule has 0 amide bonds. The van der Waals surface area contributed by atoms with Gasteiger partial charge in [0.25, 0.3) is 0 Å². The van der Waals surface area contributed by atoms with Gasteiger partial charge in [0.2, 0.25) is 0 Å². The number of benzene rings is 3. The number of hydrogen-bond acceptors (Lipinski definition) is 5. The Morgan fingerprint density at radius 2 is 1.50 bits per heavy atom. The molecule has 0 aliphatic heterocycles. The molecule has 0 aromatic heterocycles. The van der Waals surface area contributed by atoms with Gasteiger partial charge < -0.3 is 18.9 Å². The van der Waals surface area contributed by atoms with Gasteiger partial charge in [-0.15, -0.1) is 0 Å². The van der Waals surface area contributed by atoms with E-state index < -0.39 is 5.97 Å². The number of esters is 1. The van der Waals surface area contributed by atoms with Gasteiger partial charge in [0, 0.05) is 11.1 Å². The molecule has 0 aliphatic rings. The van der Waals surface area contributed by atoms with Crippen LogP contribution in [0.15, 0.2) is 72.8 Å². The maximum atomic E-state index is 12.2. The molecule has 0 unspecified atom stereocenters. The Morgan fingerprint density at radius 1 is 0.786 bits per heavy atom. The van der Waals surface area contributed by atoms with Gasteiger partial charge in [-0.25, -0.2) is 4.79 Å². The molecular weight excluding hydrogens is 356 g/mol. The fourth-order valence-corrected chi connectivity index (χ4v) is 2.85. The van der Waals surface area contributed by atoms with Crippen molar-refractivity contribution in [3.05, 3.63) is 78.4 Å². The molecule has 0 saturated carbocycles. The van der Waals surface area contributed by atoms with Crippen molar-refractivity contribution in [3.8, 4) is 28.4 Å². The number of para-hydroxylation sites is 2. The summed E-state index contributed by atoms with van der Waals surface area (Å²) in [5.41, 5.74) is 2.66. The van der Waals surface area contributed by atoms with Gasteiger partial charge in [0.15, 0.2) is 18.1 Å². The molecule has 0 aliphatic carbocycles. The molecule has 5 heteroatoms. The van der Waals surface area contributed by atoms with E-state index in [0.29, 0.717) is 17.2 Å². The summed E-state index contributed by atoms with van der Waals surface area (Å²) in [6.07, 6.45) is 0. The van der Waals surface area contributed by atoms with Crippen LogP contribution in [-0.4, -0.2) is 26.8 Å². The van der Waals surface area contributed by atoms with Crippen molar-refractivity contribution in [2.45, 2.75) is 6.61 Å². The van der Waals surface area contributed by atoms with Gasteiger partial charge >= 0.3 is 5.97 Å². The van der Waals surface area contributed by atoms with Gasteiger partial charge in [-0.05, 0) is 17.7 Å². The van der Waals surface area contributed by atoms with E-state index in [9.17, 15) is 4.79 Å². The largest absolute Gasteiger partial charge is 0.493 e. The van der Waals surface area contributed by atoms with E-state index >= 15 is 0 Å². The van der Waals surface area contributed by atoms with E-state index in [2.05, 4.69) is 0 Å². The van der Waals surface area contributed by atoms with Gasteiger partial charge in [0.1, 0.15) is 12.4 Å². The van der Waals surface area contributed by atoms with Crippen molar-refractivity contribution in [1.29, 1.82) is 0 Å². The van der Waals surface area contributed by atoms with Crippen LogP contribution in [0.2, 0.25) is 0 Å². The lowest BCUT2D eigenvalue weighted by molar-refractivity contribution is -0.147. The first-order valence-electron chi connectivity index (χ1n) is 8.85. The smallest absolute Gasteiger partial charge is 0.344 e. The van der Waals surface area contributed by atoms with E-state index in [4.69, 9.17) is 18.9 Å². The molecule has 0 saturated heterocycles. The fraction of sp³-hybridized carbons (Fsp3) is 0.174. The highest BCUT2D eigenvalue weighted by molar-refractivity contribution is 5.73. The predicted molar refractivity (Wildman–Crippen MR) is 107 cm³/mol. The van der Waals surface area contributed by atoms with Crippen LogP contribution in [0, 0.1) is 0 Å². The second kappa shape index (κ2) is 9.46. The van der Waals surface area contributed by atoms with Crippen LogP contribution in [0.1, 0.15) is 5.56 Å². The third-order valence-corrected chi connectivity index (χ3v) is 4.19. The zero-order valence-electron chi connectivity index (χ0n) is 15.9. The molecule has 3 aromatic rings. The van der Waals surface area contributed by atoms with E-state index in [1.165, 1.54) is 0 Å². The summed E-state index contributed by atoms with van der Waals surface area (Å²) < 4.78 is 21.7. The molecule has 144 valence electrons. The number of carbonyl (C=O) groups excluding carboxylic acids is 1. The Hall–Kier alpha value is -3.47. The minimum atomic E-state index is -0.465. The van der Waals surface area contributed by atoms with Crippen LogP contribution in [-0.2, 0) is 16.1 Å². The van der Waals surface area contributed by atoms with Crippen LogP contribution in [0.25, 0.3) is 11.1 Å². The van der Waals surface area contributed by atoms with Gasteiger partial charge in [0.05, 0.1) is 14.2 Å². The van der Waals surface area contributed by atoms with Crippen molar-refractivity contribution in [1.82, 2.24) is 0 Å². The second-order valence-corrected chi connectivity index (χ2v) is 5.96. The normalized spacial score (nSPS) is 10.2. The van der Waals surface area contributed by atoms with Crippen LogP contribution in [0.4, 0.5) is 0 Å². The van der Waals surface area contributed by atoms with E-state index in [1.807, 2.05) is 66.7 Å². The average molecular weight is 378 g/mol. The number of hydrogen-bond donors (Lipinski definition) is 0. The molecule has 0 atom stereocenters. The number of carbonyl (C=O) groups is 1. The van der Waals surface area contributed by atoms with E-state index in [1.54, 1.807) is 20.3 Å². The summed E-state index contributed by atoms with van der Waals surface area (Å²) in [5.74, 6) is 1.30. The van der Waals surface area contributed by atoms with Crippen LogP contribution >= 0.6 is 0 Å². The minimum absolute atomic E-state index is 0.0723. The van der Waals surface area contributed by atoms with E-state index in [0.717, 1.165) is 16.7 Å². The maximum Gasteiger partial charge on any atom is 0.344 e. The van der Waals surface area contributed by atoms with E-state index in [-0.39, 0.29) is 13.2 Å². The second-order valence-electron chi connectivity index (χ2n) is 5.96. The molecule has 0 radical (unpaired) electrons. The number of rotatable bonds is 8. The minimum Gasteiger partial charge on any atom is -0.493 e. The first kappa shape index (κ1) is 19.3. The van der Waals surface area contributed by atoms with Gasteiger partial charge in [-0.3, -0.25) is 0 Å². The third-order valence-electron chi connectivity index (χ3n) is 4.19. The Kier molecular flexibility index (Phi) is 6.52. The number of methoxy groups -OCH3 is 2. The molecule has 0 spiro atoms. The molecule has 0 heterocycles. The molecule has 3 aromatic carbocycles. The zero-order valence-corrected chi connectivity index (χ0v) is 15.9. The molecule has 0 bridgehead atoms. The standard InChI is InChI=1S/C23H22O5/c1-25-21-14-8-11-18(23(21)26-2)15-28-22(24)16-27-20-13-7-6-12-19(20)17-9-4-3-5-10-17/h3-14H,15-16H2,1-2H3. The van der Waals surface area contributed by atoms with Gasteiger partial charge in [-0.2, -0.15) is 0 Å². The van der Waals surface area contributed by atoms with Crippen molar-refractivity contribution in [2.75, 3.05) is 20.8 Å². The number of ether oxygens (including phenoxy) is 4. The highest BCUT2D eigenvalue weighted by Gasteiger charge is 2.13. The highest BCUT2D eigenvalue weighted by Crippen LogP contribution is 2.31. The first-order chi connectivity index (χ1) is 13.7. The van der Waals surface area contributed by atoms with Crippen molar-refractivity contribution in [3.63, 3.8) is 0 Å². The lowest BCUT2D eigenvalue weighted by atomic mass is 10.1. The first-order valence-corrected chi connectivity index (χ1v) is 8.85. The zero-order chi connectivity index (χ0) is 19.8. The van der Waals surface area contributed by atoms with Crippen molar-refractivity contribution in [2.24, 2.45) is 0 Å². The van der Waals surface area contributed by atoms with Crippen LogP contribution in [0.5, 0.6) is 17.2 Å². The molecule has 5 nitrogen and oxygen atoms in total. The summed E-state index contributed by atoms with van der Waals surface area (Å²) in [4.78, 5) is 12.2. The topological polar surface area (TPSA) is 54.0 Å². The Labute approximate surface area is 164 Å². The predicted octanol–water partition coefficient (Wildman–Crippen LogP) is 4.49. The summed E-state index contributed by atoms with van der Waals surface area (Å²) in [6.45, 7) is -0.112. The summed E-state index contributed by atoms with van der Waals surface area (Å²) in [7, 11) is 3.11. The van der Waals surface area contributed by atoms with Crippen LogP contribution < -0.4 is 14.2 Å². The SMILES string of the molecule is COc1cccc(COC(=O)COc2ccccc2-c2ccccc2)c1OC. The monoisotopic (exact) mass is 378 g/mol. The maximum absolute atomic E-state index is 12.2. The third kappa shape index (κ3) is 4.62. The summed E-state index contributed by atoms with van der Waals surface area (Å²) in [6, 6.07) is 22.9. The lowest BCUT2D eigenvalue weighted by Crippen LogP contribution is -2.15. The fourth-order valence-electron chi connectivity index (χ4n) is 2.85. The Bertz CT molecular complexity index is 921. The molecule has 0 fully saturated rings. The van der Waals surface area contributed by atoms with Crippen molar-refractivity contribution >= 4 is 5.97 Å². The van der Waals surface area contributed by atoms with Gasteiger partial charge in [-0.1, -0.05) is 60.7 Å². The summed E-state index contributed by atoms with van der Waals surface area (Å²) in [5, 5.41) is 0.